The average Bonchev–Trinajstić information content (AvgIpc) is 2.81. The number of carbonyl (C=O) groups is 1. The van der Waals surface area contributed by atoms with Gasteiger partial charge in [0.15, 0.2) is 0 Å². The molecule has 20 heavy (non-hydrogen) atoms. The van der Waals surface area contributed by atoms with E-state index in [1.807, 2.05) is 13.8 Å². The van der Waals surface area contributed by atoms with E-state index >= 15 is 0 Å². The maximum Gasteiger partial charge on any atom is 0.253 e. The number of hydrogen-bond acceptors (Lipinski definition) is 4. The highest BCUT2D eigenvalue weighted by Crippen LogP contribution is 2.19. The Hall–Kier alpha value is -2.31. The lowest BCUT2D eigenvalue weighted by Gasteiger charge is -2.21. The van der Waals surface area contributed by atoms with Gasteiger partial charge in [-0.25, -0.2) is 9.37 Å². The second-order valence-electron chi connectivity index (χ2n) is 4.83. The number of carbonyl (C=O) groups excluding carboxylic acids is 1. The first-order chi connectivity index (χ1) is 9.49. The third kappa shape index (κ3) is 2.98. The van der Waals surface area contributed by atoms with Gasteiger partial charge in [-0.05, 0) is 12.0 Å². The first kappa shape index (κ1) is 14.1. The molecule has 0 aliphatic heterocycles. The van der Waals surface area contributed by atoms with Gasteiger partial charge in [0.05, 0.1) is 17.8 Å². The Balaban J connectivity index is 2.21. The van der Waals surface area contributed by atoms with Crippen LogP contribution in [0.15, 0.2) is 24.8 Å². The molecule has 0 saturated carbocycles. The van der Waals surface area contributed by atoms with E-state index in [4.69, 9.17) is 0 Å². The monoisotopic (exact) mass is 277 g/mol. The van der Waals surface area contributed by atoms with Crippen LogP contribution in [0.4, 0.5) is 4.39 Å². The van der Waals surface area contributed by atoms with Gasteiger partial charge in [0, 0.05) is 13.2 Å². The first-order valence-electron chi connectivity index (χ1n) is 6.24. The van der Waals surface area contributed by atoms with Gasteiger partial charge in [-0.3, -0.25) is 14.5 Å². The highest BCUT2D eigenvalue weighted by atomic mass is 19.1. The summed E-state index contributed by atoms with van der Waals surface area (Å²) in [5.74, 6) is -0.169. The number of pyridine rings is 1. The van der Waals surface area contributed by atoms with Crippen molar-refractivity contribution >= 4 is 5.91 Å². The largest absolute Gasteiger partial charge is 0.342 e. The van der Waals surface area contributed by atoms with Crippen molar-refractivity contribution in [3.8, 4) is 0 Å². The average molecular weight is 277 g/mol. The normalized spacial score (nSPS) is 12.4. The lowest BCUT2D eigenvalue weighted by atomic mass is 10.0. The molecule has 2 rings (SSSR count). The third-order valence-electron chi connectivity index (χ3n) is 2.94. The van der Waals surface area contributed by atoms with Gasteiger partial charge in [0.2, 0.25) is 0 Å². The van der Waals surface area contributed by atoms with Gasteiger partial charge in [0.25, 0.3) is 5.91 Å². The second-order valence-corrected chi connectivity index (χ2v) is 4.83. The van der Waals surface area contributed by atoms with Crippen LogP contribution in [0, 0.1) is 11.7 Å². The van der Waals surface area contributed by atoms with Crippen molar-refractivity contribution < 1.29 is 9.18 Å². The molecule has 0 bridgehead atoms. The quantitative estimate of drug-likeness (QED) is 0.918. The van der Waals surface area contributed by atoms with Crippen molar-refractivity contribution in [2.24, 2.45) is 13.0 Å². The second kappa shape index (κ2) is 5.77. The lowest BCUT2D eigenvalue weighted by molar-refractivity contribution is 0.0921. The molecule has 0 aliphatic carbocycles. The summed E-state index contributed by atoms with van der Waals surface area (Å²) < 4.78 is 14.7. The highest BCUT2D eigenvalue weighted by molar-refractivity contribution is 5.94. The van der Waals surface area contributed by atoms with Crippen LogP contribution >= 0.6 is 0 Å². The van der Waals surface area contributed by atoms with E-state index in [9.17, 15) is 9.18 Å². The first-order valence-corrected chi connectivity index (χ1v) is 6.24. The molecule has 106 valence electrons. The number of aromatic nitrogens is 4. The summed E-state index contributed by atoms with van der Waals surface area (Å²) in [6, 6.07) is 0.842. The molecule has 1 amide bonds. The molecule has 1 atom stereocenters. The van der Waals surface area contributed by atoms with Crippen LogP contribution in [0.2, 0.25) is 0 Å². The molecule has 0 aliphatic rings. The number of aryl methyl sites for hydroxylation is 1. The number of hydrogen-bond donors (Lipinski definition) is 1. The molecule has 2 aromatic heterocycles. The fourth-order valence-corrected chi connectivity index (χ4v) is 1.88. The molecule has 2 aromatic rings. The number of amides is 1. The summed E-state index contributed by atoms with van der Waals surface area (Å²) in [5.41, 5.74) is 0.179. The Kier molecular flexibility index (Phi) is 4.07. The number of rotatable bonds is 4. The van der Waals surface area contributed by atoms with E-state index in [-0.39, 0.29) is 17.5 Å². The molecule has 7 heteroatoms. The molecule has 0 fully saturated rings. The standard InChI is InChI=1S/C13H16FN5O/c1-8(2)11(12-16-7-17-19(12)3)18-13(20)9-4-10(14)6-15-5-9/h4-8,11H,1-3H3,(H,18,20). The lowest BCUT2D eigenvalue weighted by Crippen LogP contribution is -2.33. The fourth-order valence-electron chi connectivity index (χ4n) is 1.88. The minimum absolute atomic E-state index is 0.114. The Bertz CT molecular complexity index is 610. The van der Waals surface area contributed by atoms with Crippen LogP contribution in [-0.2, 0) is 7.05 Å². The van der Waals surface area contributed by atoms with E-state index in [0.717, 1.165) is 12.3 Å². The predicted molar refractivity (Wildman–Crippen MR) is 70.2 cm³/mol. The van der Waals surface area contributed by atoms with Gasteiger partial charge < -0.3 is 5.32 Å². The van der Waals surface area contributed by atoms with Crippen LogP contribution in [0.5, 0.6) is 0 Å². The summed E-state index contributed by atoms with van der Waals surface area (Å²) in [5, 5.41) is 6.83. The summed E-state index contributed by atoms with van der Waals surface area (Å²) in [6.07, 6.45) is 3.81. The number of nitrogens with zero attached hydrogens (tertiary/aromatic N) is 4. The van der Waals surface area contributed by atoms with Gasteiger partial charge in [-0.2, -0.15) is 5.10 Å². The highest BCUT2D eigenvalue weighted by Gasteiger charge is 2.23. The van der Waals surface area contributed by atoms with Crippen LogP contribution in [0.25, 0.3) is 0 Å². The zero-order valence-electron chi connectivity index (χ0n) is 11.5. The van der Waals surface area contributed by atoms with Crippen molar-refractivity contribution in [2.45, 2.75) is 19.9 Å². The van der Waals surface area contributed by atoms with Crippen molar-refractivity contribution in [3.05, 3.63) is 42.0 Å². The third-order valence-corrected chi connectivity index (χ3v) is 2.94. The van der Waals surface area contributed by atoms with E-state index < -0.39 is 11.7 Å². The molecular formula is C13H16FN5O. The van der Waals surface area contributed by atoms with E-state index in [1.165, 1.54) is 12.5 Å². The Morgan fingerprint density at radius 2 is 2.15 bits per heavy atom. The minimum atomic E-state index is -0.544. The van der Waals surface area contributed by atoms with Crippen molar-refractivity contribution in [2.75, 3.05) is 0 Å². The molecule has 1 unspecified atom stereocenters. The van der Waals surface area contributed by atoms with E-state index in [0.29, 0.717) is 5.82 Å². The summed E-state index contributed by atoms with van der Waals surface area (Å²) in [4.78, 5) is 20.0. The maximum atomic E-state index is 13.1. The van der Waals surface area contributed by atoms with Crippen molar-refractivity contribution in [1.29, 1.82) is 0 Å². The Morgan fingerprint density at radius 1 is 1.40 bits per heavy atom. The van der Waals surface area contributed by atoms with Gasteiger partial charge >= 0.3 is 0 Å². The molecule has 1 N–H and O–H groups in total. The zero-order valence-corrected chi connectivity index (χ0v) is 11.5. The molecular weight excluding hydrogens is 261 g/mol. The van der Waals surface area contributed by atoms with Gasteiger partial charge in [-0.1, -0.05) is 13.8 Å². The predicted octanol–water partition coefficient (Wildman–Crippen LogP) is 1.48. The van der Waals surface area contributed by atoms with Crippen LogP contribution in [0.1, 0.15) is 36.1 Å². The van der Waals surface area contributed by atoms with Crippen LogP contribution < -0.4 is 5.32 Å². The Morgan fingerprint density at radius 3 is 2.70 bits per heavy atom. The molecule has 6 nitrogen and oxygen atoms in total. The summed E-state index contributed by atoms with van der Waals surface area (Å²) >= 11 is 0. The topological polar surface area (TPSA) is 72.7 Å². The minimum Gasteiger partial charge on any atom is -0.342 e. The smallest absolute Gasteiger partial charge is 0.253 e. The molecule has 2 heterocycles. The van der Waals surface area contributed by atoms with Crippen LogP contribution in [-0.4, -0.2) is 25.7 Å². The fraction of sp³-hybridized carbons (Fsp3) is 0.385. The number of halogens is 1. The van der Waals surface area contributed by atoms with E-state index in [1.54, 1.807) is 11.7 Å². The zero-order chi connectivity index (χ0) is 14.7. The molecule has 0 aromatic carbocycles. The molecule has 0 spiro atoms. The number of nitrogens with one attached hydrogen (secondary N) is 1. The SMILES string of the molecule is CC(C)C(NC(=O)c1cncc(F)c1)c1ncnn1C. The van der Waals surface area contributed by atoms with Gasteiger partial charge in [-0.15, -0.1) is 0 Å². The van der Waals surface area contributed by atoms with Crippen molar-refractivity contribution in [3.63, 3.8) is 0 Å². The molecule has 0 saturated heterocycles. The maximum absolute atomic E-state index is 13.1. The summed E-state index contributed by atoms with van der Waals surface area (Å²) in [7, 11) is 1.76. The van der Waals surface area contributed by atoms with E-state index in [2.05, 4.69) is 20.4 Å². The van der Waals surface area contributed by atoms with Crippen LogP contribution in [0.3, 0.4) is 0 Å². The van der Waals surface area contributed by atoms with Crippen molar-refractivity contribution in [1.82, 2.24) is 25.1 Å². The summed E-state index contributed by atoms with van der Waals surface area (Å²) in [6.45, 7) is 3.92. The van der Waals surface area contributed by atoms with Gasteiger partial charge in [0.1, 0.15) is 18.0 Å². The molecule has 0 radical (unpaired) electrons. The Labute approximate surface area is 116 Å².